The zero-order valence-corrected chi connectivity index (χ0v) is 28.8. The molecule has 2 aliphatic heterocycles. The van der Waals surface area contributed by atoms with Crippen LogP contribution in [0.1, 0.15) is 52.6 Å². The Balaban J connectivity index is 1.14. The number of hydrogen-bond donors (Lipinski definition) is 0. The van der Waals surface area contributed by atoms with Gasteiger partial charge in [0.15, 0.2) is 0 Å². The van der Waals surface area contributed by atoms with Crippen LogP contribution in [0.25, 0.3) is 22.4 Å². The number of fused-ring (bicyclic) bond motifs is 1. The maximum atomic E-state index is 13.2. The number of aryl methyl sites for hydroxylation is 1. The fraction of sp³-hybridized carbons (Fsp3) is 0.472. The number of imidazole rings is 1. The van der Waals surface area contributed by atoms with Crippen LogP contribution < -0.4 is 14.4 Å². The molecule has 0 spiro atoms. The SMILES string of the molecule is COc1ccc([C@@H](C)N2CC([C@@H](C)Oc3nc(-c4ccc(N5CCN(C(=O)OC(C)(C)C)CC5)cn4)cc4ncn(C)c34)CC2=O)cc1. The van der Waals surface area contributed by atoms with Crippen molar-refractivity contribution in [2.45, 2.75) is 58.8 Å². The van der Waals surface area contributed by atoms with Crippen LogP contribution in [-0.4, -0.2) is 92.9 Å². The highest BCUT2D eigenvalue weighted by Crippen LogP contribution is 2.34. The van der Waals surface area contributed by atoms with E-state index in [1.165, 1.54) is 0 Å². The molecule has 48 heavy (non-hydrogen) atoms. The Morgan fingerprint density at radius 2 is 1.71 bits per heavy atom. The molecule has 1 unspecified atom stereocenters. The van der Waals surface area contributed by atoms with Crippen LogP contribution in [0.15, 0.2) is 55.0 Å². The highest BCUT2D eigenvalue weighted by molar-refractivity contribution is 5.84. The summed E-state index contributed by atoms with van der Waals surface area (Å²) in [5.74, 6) is 1.37. The zero-order chi connectivity index (χ0) is 34.2. The molecule has 0 radical (unpaired) electrons. The monoisotopic (exact) mass is 655 g/mol. The molecule has 254 valence electrons. The molecular formula is C36H45N7O5. The number of aromatic nitrogens is 4. The van der Waals surface area contributed by atoms with Gasteiger partial charge in [-0.25, -0.2) is 14.8 Å². The topological polar surface area (TPSA) is 115 Å². The number of carbonyl (C=O) groups excluding carboxylic acids is 2. The smallest absolute Gasteiger partial charge is 0.410 e. The van der Waals surface area contributed by atoms with Gasteiger partial charge in [0, 0.05) is 52.1 Å². The van der Waals surface area contributed by atoms with Crippen molar-refractivity contribution in [1.82, 2.24) is 29.3 Å². The van der Waals surface area contributed by atoms with Crippen molar-refractivity contribution in [2.24, 2.45) is 13.0 Å². The lowest BCUT2D eigenvalue weighted by Crippen LogP contribution is -2.50. The Hall–Kier alpha value is -4.87. The molecule has 4 aromatic rings. The predicted molar refractivity (Wildman–Crippen MR) is 183 cm³/mol. The van der Waals surface area contributed by atoms with E-state index in [0.717, 1.165) is 28.0 Å². The van der Waals surface area contributed by atoms with Gasteiger partial charge in [0.1, 0.15) is 23.0 Å². The molecule has 12 heteroatoms. The van der Waals surface area contributed by atoms with Crippen LogP contribution in [0.3, 0.4) is 0 Å². The summed E-state index contributed by atoms with van der Waals surface area (Å²) in [5, 5.41) is 0. The molecule has 0 aliphatic carbocycles. The summed E-state index contributed by atoms with van der Waals surface area (Å²) < 4.78 is 19.3. The third-order valence-corrected chi connectivity index (χ3v) is 9.19. The molecule has 3 atom stereocenters. The molecule has 2 aliphatic rings. The third kappa shape index (κ3) is 7.02. The van der Waals surface area contributed by atoms with Crippen LogP contribution in [0.5, 0.6) is 11.6 Å². The number of benzene rings is 1. The largest absolute Gasteiger partial charge is 0.497 e. The summed E-state index contributed by atoms with van der Waals surface area (Å²) in [6, 6.07) is 13.7. The second kappa shape index (κ2) is 13.3. The number of ether oxygens (including phenoxy) is 3. The zero-order valence-electron chi connectivity index (χ0n) is 28.8. The van der Waals surface area contributed by atoms with Crippen LogP contribution >= 0.6 is 0 Å². The number of likely N-dealkylation sites (tertiary alicyclic amines) is 1. The van der Waals surface area contributed by atoms with E-state index in [0.29, 0.717) is 56.4 Å². The van der Waals surface area contributed by atoms with Crippen molar-refractivity contribution < 1.29 is 23.8 Å². The number of hydrogen-bond acceptors (Lipinski definition) is 9. The number of amides is 2. The Bertz CT molecular complexity index is 1760. The van der Waals surface area contributed by atoms with Gasteiger partial charge in [-0.3, -0.25) is 9.78 Å². The van der Waals surface area contributed by atoms with E-state index >= 15 is 0 Å². The van der Waals surface area contributed by atoms with Crippen LogP contribution in [0, 0.1) is 5.92 Å². The summed E-state index contributed by atoms with van der Waals surface area (Å²) in [7, 11) is 3.56. The van der Waals surface area contributed by atoms with Gasteiger partial charge in [0.05, 0.1) is 48.3 Å². The first-order valence-corrected chi connectivity index (χ1v) is 16.5. The fourth-order valence-corrected chi connectivity index (χ4v) is 6.33. The van der Waals surface area contributed by atoms with E-state index in [4.69, 9.17) is 24.2 Å². The van der Waals surface area contributed by atoms with E-state index in [2.05, 4.69) is 16.8 Å². The van der Waals surface area contributed by atoms with Gasteiger partial charge in [0.2, 0.25) is 11.8 Å². The van der Waals surface area contributed by atoms with Crippen LogP contribution in [-0.2, 0) is 16.6 Å². The number of methoxy groups -OCH3 is 1. The van der Waals surface area contributed by atoms with E-state index < -0.39 is 5.60 Å². The Morgan fingerprint density at radius 1 is 0.979 bits per heavy atom. The maximum Gasteiger partial charge on any atom is 0.410 e. The van der Waals surface area contributed by atoms with Crippen molar-refractivity contribution in [3.05, 3.63) is 60.6 Å². The summed E-state index contributed by atoms with van der Waals surface area (Å²) in [6.45, 7) is 12.8. The minimum Gasteiger partial charge on any atom is -0.497 e. The number of piperazine rings is 1. The van der Waals surface area contributed by atoms with Gasteiger partial charge in [0.25, 0.3) is 0 Å². The van der Waals surface area contributed by atoms with Crippen molar-refractivity contribution in [2.75, 3.05) is 44.7 Å². The number of nitrogens with zero attached hydrogens (tertiary/aromatic N) is 7. The molecule has 2 fully saturated rings. The Morgan fingerprint density at radius 3 is 2.35 bits per heavy atom. The highest BCUT2D eigenvalue weighted by Gasteiger charge is 2.37. The van der Waals surface area contributed by atoms with Crippen molar-refractivity contribution in [1.29, 1.82) is 0 Å². The van der Waals surface area contributed by atoms with Gasteiger partial charge in [-0.15, -0.1) is 0 Å². The highest BCUT2D eigenvalue weighted by atomic mass is 16.6. The van der Waals surface area contributed by atoms with Crippen molar-refractivity contribution >= 4 is 28.7 Å². The molecule has 2 amide bonds. The summed E-state index contributed by atoms with van der Waals surface area (Å²) >= 11 is 0. The summed E-state index contributed by atoms with van der Waals surface area (Å²) in [5.41, 5.74) is 4.42. The number of carbonyl (C=O) groups is 2. The first-order valence-electron chi connectivity index (χ1n) is 16.5. The molecule has 6 rings (SSSR count). The van der Waals surface area contributed by atoms with Crippen molar-refractivity contribution in [3.63, 3.8) is 0 Å². The molecule has 0 saturated carbocycles. The normalized spacial score (nSPS) is 18.3. The number of anilines is 1. The van der Waals surface area contributed by atoms with Crippen molar-refractivity contribution in [3.8, 4) is 23.0 Å². The van der Waals surface area contributed by atoms with E-state index in [1.54, 1.807) is 18.3 Å². The quantitative estimate of drug-likeness (QED) is 0.244. The average Bonchev–Trinajstić information content (AvgIpc) is 3.66. The van der Waals surface area contributed by atoms with Gasteiger partial charge >= 0.3 is 6.09 Å². The summed E-state index contributed by atoms with van der Waals surface area (Å²) in [6.07, 6.45) is 3.45. The lowest BCUT2D eigenvalue weighted by Gasteiger charge is -2.36. The van der Waals surface area contributed by atoms with Crippen LogP contribution in [0.2, 0.25) is 0 Å². The predicted octanol–water partition coefficient (Wildman–Crippen LogP) is 5.47. The first-order chi connectivity index (χ1) is 22.9. The third-order valence-electron chi connectivity index (χ3n) is 9.19. The average molecular weight is 656 g/mol. The van der Waals surface area contributed by atoms with Gasteiger partial charge in [-0.1, -0.05) is 12.1 Å². The molecule has 12 nitrogen and oxygen atoms in total. The number of pyridine rings is 2. The first kappa shape index (κ1) is 33.0. The van der Waals surface area contributed by atoms with E-state index in [9.17, 15) is 9.59 Å². The summed E-state index contributed by atoms with van der Waals surface area (Å²) in [4.78, 5) is 45.8. The van der Waals surface area contributed by atoms with Gasteiger partial charge < -0.3 is 33.5 Å². The fourth-order valence-electron chi connectivity index (χ4n) is 6.33. The molecule has 0 N–H and O–H groups in total. The Kier molecular flexibility index (Phi) is 9.18. The Labute approximate surface area is 281 Å². The standard InChI is InChI=1S/C36H45N7O5/c1-23(25-8-11-28(46-7)12-9-25)43-21-26(18-32(43)44)24(2)47-34-33-31(38-22-40(33)6)19-30(39-34)29-13-10-27(20-37-29)41-14-16-42(17-15-41)35(45)48-36(3,4)5/h8-13,19-20,22-24,26H,14-18,21H2,1-7H3/t23-,24-,26?/m1/s1. The molecule has 0 bridgehead atoms. The van der Waals surface area contributed by atoms with E-state index in [-0.39, 0.29) is 30.1 Å². The van der Waals surface area contributed by atoms with Gasteiger partial charge in [-0.05, 0) is 70.5 Å². The lowest BCUT2D eigenvalue weighted by molar-refractivity contribution is -0.129. The van der Waals surface area contributed by atoms with Gasteiger partial charge in [-0.2, -0.15) is 0 Å². The maximum absolute atomic E-state index is 13.2. The second-order valence-corrected chi connectivity index (χ2v) is 13.7. The minimum absolute atomic E-state index is 0.000117. The molecule has 5 heterocycles. The molecule has 3 aromatic heterocycles. The molecule has 1 aromatic carbocycles. The van der Waals surface area contributed by atoms with Crippen LogP contribution in [0.4, 0.5) is 10.5 Å². The number of rotatable bonds is 8. The lowest BCUT2D eigenvalue weighted by atomic mass is 10.0. The minimum atomic E-state index is -0.517. The molecular weight excluding hydrogens is 610 g/mol. The van der Waals surface area contributed by atoms with E-state index in [1.807, 2.05) is 92.9 Å². The molecule has 2 saturated heterocycles. The second-order valence-electron chi connectivity index (χ2n) is 13.7.